The van der Waals surface area contributed by atoms with E-state index in [0.29, 0.717) is 0 Å². The van der Waals surface area contributed by atoms with Gasteiger partial charge in [0.15, 0.2) is 0 Å². The molecule has 0 amide bonds. The van der Waals surface area contributed by atoms with Crippen molar-refractivity contribution in [1.82, 2.24) is 0 Å². The molecule has 8 atom stereocenters. The van der Waals surface area contributed by atoms with Crippen LogP contribution in [0.3, 0.4) is 0 Å². The number of rotatable bonds is 0. The Labute approximate surface area is 175 Å². The zero-order chi connectivity index (χ0) is 22.2. The lowest BCUT2D eigenvalue weighted by Gasteiger charge is -2.28. The summed E-state index contributed by atoms with van der Waals surface area (Å²) in [5.41, 5.74) is -5.13. The van der Waals surface area contributed by atoms with Gasteiger partial charge in [-0.1, -0.05) is 0 Å². The maximum absolute atomic E-state index is 9.97. The first-order valence-electron chi connectivity index (χ1n) is 9.59. The van der Waals surface area contributed by atoms with Gasteiger partial charge in [-0.25, -0.2) is 0 Å². The standard InChI is InChI=1S/C22H16N8/c23-5-15-1-16(6-24)3-19(11-27)9-20(19,12-28)4-18(8-26)22(14-30)10-21(22,13-29)17(2-15)7-25/h15-18H,1-4,9-10H2/t15?,16?,17-,18?,19?,20?,21?,22?/m1/s1. The monoisotopic (exact) mass is 392 g/mol. The van der Waals surface area contributed by atoms with Crippen LogP contribution in [0, 0.1) is 136 Å². The van der Waals surface area contributed by atoms with Crippen LogP contribution in [-0.2, 0) is 0 Å². The van der Waals surface area contributed by atoms with E-state index in [1.807, 2.05) is 0 Å². The third-order valence-electron chi connectivity index (χ3n) is 7.55. The molecule has 3 saturated carbocycles. The van der Waals surface area contributed by atoms with Crippen LogP contribution in [0.4, 0.5) is 0 Å². The second-order valence-corrected chi connectivity index (χ2v) is 8.80. The van der Waals surface area contributed by atoms with Crippen molar-refractivity contribution in [2.24, 2.45) is 45.3 Å². The molecule has 0 aliphatic heterocycles. The first kappa shape index (κ1) is 20.6. The molecule has 0 spiro atoms. The highest BCUT2D eigenvalue weighted by Gasteiger charge is 2.79. The summed E-state index contributed by atoms with van der Waals surface area (Å²) < 4.78 is 0. The Morgan fingerprint density at radius 3 is 1.50 bits per heavy atom. The molecule has 8 nitrogen and oxygen atoms in total. The Kier molecular flexibility index (Phi) is 4.65. The molecule has 0 N–H and O–H groups in total. The third-order valence-corrected chi connectivity index (χ3v) is 7.55. The second kappa shape index (κ2) is 6.76. The Morgan fingerprint density at radius 1 is 0.500 bits per heavy atom. The quantitative estimate of drug-likeness (QED) is 0.600. The second-order valence-electron chi connectivity index (χ2n) is 8.80. The number of nitriles is 8. The highest BCUT2D eigenvalue weighted by atomic mass is 14.8. The van der Waals surface area contributed by atoms with Gasteiger partial charge in [0.25, 0.3) is 0 Å². The summed E-state index contributed by atoms with van der Waals surface area (Å²) in [4.78, 5) is 0. The van der Waals surface area contributed by atoms with Crippen molar-refractivity contribution >= 4 is 0 Å². The van der Waals surface area contributed by atoms with Gasteiger partial charge in [0.05, 0.1) is 82.0 Å². The van der Waals surface area contributed by atoms with Gasteiger partial charge in [-0.05, 0) is 38.5 Å². The third kappa shape index (κ3) is 2.43. The first-order valence-corrected chi connectivity index (χ1v) is 9.59. The van der Waals surface area contributed by atoms with Crippen LogP contribution >= 0.6 is 0 Å². The van der Waals surface area contributed by atoms with Crippen molar-refractivity contribution in [2.45, 2.75) is 38.5 Å². The Hall–Kier alpha value is -4.08. The van der Waals surface area contributed by atoms with E-state index in [1.165, 1.54) is 0 Å². The molecule has 7 unspecified atom stereocenters. The van der Waals surface area contributed by atoms with E-state index in [2.05, 4.69) is 48.6 Å². The molecule has 3 aliphatic rings. The molecule has 0 aromatic heterocycles. The van der Waals surface area contributed by atoms with E-state index in [0.717, 1.165) is 0 Å². The van der Waals surface area contributed by atoms with Crippen LogP contribution in [0.5, 0.6) is 0 Å². The van der Waals surface area contributed by atoms with E-state index in [9.17, 15) is 42.1 Å². The van der Waals surface area contributed by atoms with Gasteiger partial charge in [-0.3, -0.25) is 0 Å². The van der Waals surface area contributed by atoms with Gasteiger partial charge in [-0.15, -0.1) is 0 Å². The topological polar surface area (TPSA) is 190 Å². The van der Waals surface area contributed by atoms with Crippen molar-refractivity contribution in [2.75, 3.05) is 0 Å². The number of hydrogen-bond donors (Lipinski definition) is 0. The largest absolute Gasteiger partial charge is 0.198 e. The summed E-state index contributed by atoms with van der Waals surface area (Å²) in [6.45, 7) is 0. The maximum Gasteiger partial charge on any atom is 0.0947 e. The summed E-state index contributed by atoms with van der Waals surface area (Å²) in [5.74, 6) is -3.33. The summed E-state index contributed by atoms with van der Waals surface area (Å²) >= 11 is 0. The molecular weight excluding hydrogens is 376 g/mol. The molecule has 0 aromatic carbocycles. The highest BCUT2D eigenvalue weighted by Crippen LogP contribution is 2.76. The Bertz CT molecular complexity index is 1120. The fourth-order valence-corrected chi connectivity index (χ4v) is 5.56. The number of nitrogens with zero attached hydrogens (tertiary/aromatic N) is 8. The van der Waals surface area contributed by atoms with Gasteiger partial charge in [0.1, 0.15) is 0 Å². The van der Waals surface area contributed by atoms with Crippen molar-refractivity contribution in [1.29, 1.82) is 42.1 Å². The fraction of sp³-hybridized carbons (Fsp3) is 0.636. The van der Waals surface area contributed by atoms with Crippen LogP contribution < -0.4 is 0 Å². The molecule has 30 heavy (non-hydrogen) atoms. The zero-order valence-corrected chi connectivity index (χ0v) is 16.1. The lowest BCUT2D eigenvalue weighted by Crippen LogP contribution is -2.31. The number of fused-ring (bicyclic) bond motifs is 2. The summed E-state index contributed by atoms with van der Waals surface area (Å²) in [5, 5.41) is 78.5. The molecular formula is C22H16N8. The average molecular weight is 392 g/mol. The molecule has 3 rings (SSSR count). The minimum Gasteiger partial charge on any atom is -0.198 e. The molecule has 8 heteroatoms. The lowest BCUT2D eigenvalue weighted by atomic mass is 9.69. The number of hydrogen-bond acceptors (Lipinski definition) is 8. The normalized spacial score (nSPS) is 46.1. The SMILES string of the molecule is N#CC1CC(C#N)CC2(C#N)CC2(C#N)CC(C#N)C2(C#N)CC2(C#N)[C@@H](C#N)C1. The molecule has 0 heterocycles. The Morgan fingerprint density at radius 2 is 1.03 bits per heavy atom. The van der Waals surface area contributed by atoms with Crippen molar-refractivity contribution in [3.05, 3.63) is 0 Å². The lowest BCUT2D eigenvalue weighted by molar-refractivity contribution is 0.243. The summed E-state index contributed by atoms with van der Waals surface area (Å²) in [7, 11) is 0. The maximum atomic E-state index is 9.97. The van der Waals surface area contributed by atoms with Gasteiger partial charge in [0, 0.05) is 11.8 Å². The summed E-state index contributed by atoms with van der Waals surface area (Å²) in [6.07, 6.45) is 0.391. The first-order chi connectivity index (χ1) is 14.4. The predicted molar refractivity (Wildman–Crippen MR) is 96.3 cm³/mol. The summed E-state index contributed by atoms with van der Waals surface area (Å²) in [6, 6.07) is 16.9. The van der Waals surface area contributed by atoms with E-state index >= 15 is 0 Å². The van der Waals surface area contributed by atoms with Gasteiger partial charge in [0.2, 0.25) is 0 Å². The van der Waals surface area contributed by atoms with E-state index < -0.39 is 45.3 Å². The molecule has 144 valence electrons. The molecule has 0 radical (unpaired) electrons. The molecule has 0 aromatic rings. The van der Waals surface area contributed by atoms with Gasteiger partial charge in [-0.2, -0.15) is 42.1 Å². The fourth-order valence-electron chi connectivity index (χ4n) is 5.56. The molecule has 3 fully saturated rings. The van der Waals surface area contributed by atoms with Crippen LogP contribution in [0.25, 0.3) is 0 Å². The molecule has 3 aliphatic carbocycles. The van der Waals surface area contributed by atoms with Crippen LogP contribution in [-0.4, -0.2) is 0 Å². The average Bonchev–Trinajstić information content (AvgIpc) is 3.65. The van der Waals surface area contributed by atoms with E-state index in [4.69, 9.17) is 0 Å². The van der Waals surface area contributed by atoms with E-state index in [1.54, 1.807) is 0 Å². The zero-order valence-electron chi connectivity index (χ0n) is 16.1. The van der Waals surface area contributed by atoms with Crippen molar-refractivity contribution in [3.8, 4) is 48.6 Å². The smallest absolute Gasteiger partial charge is 0.0947 e. The van der Waals surface area contributed by atoms with Gasteiger partial charge >= 0.3 is 0 Å². The Balaban J connectivity index is 2.16. The van der Waals surface area contributed by atoms with E-state index in [-0.39, 0.29) is 38.5 Å². The minimum absolute atomic E-state index is 0.0171. The van der Waals surface area contributed by atoms with Gasteiger partial charge < -0.3 is 0 Å². The minimum atomic E-state index is -1.42. The molecule has 0 bridgehead atoms. The molecule has 0 saturated heterocycles. The van der Waals surface area contributed by atoms with Crippen molar-refractivity contribution in [3.63, 3.8) is 0 Å². The van der Waals surface area contributed by atoms with Crippen molar-refractivity contribution < 1.29 is 0 Å². The van der Waals surface area contributed by atoms with Crippen LogP contribution in [0.2, 0.25) is 0 Å². The highest BCUT2D eigenvalue weighted by molar-refractivity contribution is 5.42. The van der Waals surface area contributed by atoms with Crippen LogP contribution in [0.1, 0.15) is 38.5 Å². The van der Waals surface area contributed by atoms with Crippen LogP contribution in [0.15, 0.2) is 0 Å². The predicted octanol–water partition coefficient (Wildman–Crippen LogP) is 2.97.